The van der Waals surface area contributed by atoms with Crippen molar-refractivity contribution in [2.24, 2.45) is 5.73 Å². The summed E-state index contributed by atoms with van der Waals surface area (Å²) in [6.07, 6.45) is 8.86. The number of hydrogen-bond donors (Lipinski definition) is 2. The van der Waals surface area contributed by atoms with Gasteiger partial charge < -0.3 is 16.0 Å². The Bertz CT molecular complexity index is 1220. The van der Waals surface area contributed by atoms with Crippen molar-refractivity contribution in [3.05, 3.63) is 60.9 Å². The lowest BCUT2D eigenvalue weighted by Gasteiger charge is -2.39. The molecule has 4 aromatic heterocycles. The van der Waals surface area contributed by atoms with Crippen molar-refractivity contribution in [3.8, 4) is 11.4 Å². The molecule has 3 N–H and O–H groups in total. The first-order chi connectivity index (χ1) is 15.1. The molecule has 0 spiro atoms. The number of nitrogens with one attached hydrogen (secondary N) is 1. The Kier molecular flexibility index (Phi) is 4.95. The van der Waals surface area contributed by atoms with Gasteiger partial charge in [-0.15, -0.1) is 0 Å². The molecule has 0 saturated carbocycles. The maximum atomic E-state index is 14.2. The van der Waals surface area contributed by atoms with Gasteiger partial charge in [-0.2, -0.15) is 9.61 Å². The van der Waals surface area contributed by atoms with Crippen LogP contribution in [-0.2, 0) is 0 Å². The van der Waals surface area contributed by atoms with Crippen molar-refractivity contribution >= 4 is 22.8 Å². The van der Waals surface area contributed by atoms with Crippen LogP contribution in [-0.4, -0.2) is 43.2 Å². The first-order valence-corrected chi connectivity index (χ1v) is 10.3. The number of anilines is 3. The highest BCUT2D eigenvalue weighted by Gasteiger charge is 2.25. The van der Waals surface area contributed by atoms with E-state index in [0.717, 1.165) is 36.3 Å². The van der Waals surface area contributed by atoms with Crippen molar-refractivity contribution in [1.29, 1.82) is 0 Å². The Morgan fingerprint density at radius 1 is 1.10 bits per heavy atom. The van der Waals surface area contributed by atoms with E-state index >= 15 is 0 Å². The third-order valence-electron chi connectivity index (χ3n) is 5.66. The summed E-state index contributed by atoms with van der Waals surface area (Å²) >= 11 is 0. The highest BCUT2D eigenvalue weighted by atomic mass is 19.1. The number of pyridine rings is 2. The Labute approximate surface area is 179 Å². The fourth-order valence-corrected chi connectivity index (χ4v) is 3.99. The van der Waals surface area contributed by atoms with Crippen LogP contribution in [0.2, 0.25) is 0 Å². The number of halogens is 1. The van der Waals surface area contributed by atoms with E-state index in [1.165, 1.54) is 6.07 Å². The van der Waals surface area contributed by atoms with Gasteiger partial charge in [0.15, 0.2) is 5.82 Å². The summed E-state index contributed by atoms with van der Waals surface area (Å²) < 4.78 is 15.9. The highest BCUT2D eigenvalue weighted by molar-refractivity contribution is 5.74. The Morgan fingerprint density at radius 2 is 2.00 bits per heavy atom. The van der Waals surface area contributed by atoms with E-state index in [4.69, 9.17) is 5.73 Å². The first-order valence-electron chi connectivity index (χ1n) is 10.3. The molecule has 2 unspecified atom stereocenters. The molecule has 0 aliphatic carbocycles. The van der Waals surface area contributed by atoms with Gasteiger partial charge in [0.25, 0.3) is 0 Å². The predicted molar refractivity (Wildman–Crippen MR) is 118 cm³/mol. The fourth-order valence-electron chi connectivity index (χ4n) is 3.99. The molecule has 31 heavy (non-hydrogen) atoms. The van der Waals surface area contributed by atoms with Crippen LogP contribution in [0, 0.1) is 5.82 Å². The van der Waals surface area contributed by atoms with Gasteiger partial charge >= 0.3 is 0 Å². The van der Waals surface area contributed by atoms with Crippen molar-refractivity contribution in [3.63, 3.8) is 0 Å². The molecule has 158 valence electrons. The molecule has 5 heterocycles. The van der Waals surface area contributed by atoms with E-state index < -0.39 is 5.82 Å². The maximum Gasteiger partial charge on any atom is 0.229 e. The minimum Gasteiger partial charge on any atom is -0.366 e. The van der Waals surface area contributed by atoms with Gasteiger partial charge in [0.2, 0.25) is 5.95 Å². The molecule has 5 rings (SSSR count). The molecule has 4 aromatic rings. The number of hydrogen-bond acceptors (Lipinski definition) is 7. The SMILES string of the molecule is CC1CCC(N)CN1c1ccncc1Nc1ncc2ccc(-c3ncccc3F)nn12. The second kappa shape index (κ2) is 7.92. The topological polar surface area (TPSA) is 97.3 Å². The van der Waals surface area contributed by atoms with Crippen LogP contribution in [0.25, 0.3) is 16.9 Å². The normalized spacial score (nSPS) is 19.0. The average molecular weight is 418 g/mol. The van der Waals surface area contributed by atoms with Crippen LogP contribution in [0.15, 0.2) is 55.1 Å². The zero-order valence-electron chi connectivity index (χ0n) is 17.1. The second-order valence-corrected chi connectivity index (χ2v) is 7.83. The Morgan fingerprint density at radius 3 is 2.87 bits per heavy atom. The largest absolute Gasteiger partial charge is 0.366 e. The predicted octanol–water partition coefficient (Wildman–Crippen LogP) is 3.39. The average Bonchev–Trinajstić information content (AvgIpc) is 3.18. The van der Waals surface area contributed by atoms with Gasteiger partial charge in [-0.3, -0.25) is 9.97 Å². The Balaban J connectivity index is 1.52. The minimum absolute atomic E-state index is 0.141. The molecule has 0 bridgehead atoms. The standard InChI is InChI=1S/C22H23FN8/c1-14-4-5-15(24)13-30(14)20-8-10-25-12-19(20)28-22-27-11-16-6-7-18(29-31(16)22)21-17(23)3-2-9-26-21/h2-3,6-12,14-15H,4-5,13,24H2,1H3,(H,27,28). The molecule has 1 aliphatic heterocycles. The van der Waals surface area contributed by atoms with Crippen LogP contribution in [0.1, 0.15) is 19.8 Å². The zero-order valence-corrected chi connectivity index (χ0v) is 17.1. The summed E-state index contributed by atoms with van der Waals surface area (Å²) in [6.45, 7) is 2.99. The lowest BCUT2D eigenvalue weighted by molar-refractivity contribution is 0.437. The highest BCUT2D eigenvalue weighted by Crippen LogP contribution is 2.32. The van der Waals surface area contributed by atoms with E-state index in [1.54, 1.807) is 41.4 Å². The zero-order chi connectivity index (χ0) is 21.4. The van der Waals surface area contributed by atoms with Gasteiger partial charge in [-0.05, 0) is 50.1 Å². The number of imidazole rings is 1. The smallest absolute Gasteiger partial charge is 0.229 e. The summed E-state index contributed by atoms with van der Waals surface area (Å²) in [4.78, 5) is 15.2. The van der Waals surface area contributed by atoms with Gasteiger partial charge in [0, 0.05) is 31.0 Å². The molecule has 0 radical (unpaired) electrons. The monoisotopic (exact) mass is 418 g/mol. The number of aromatic nitrogens is 5. The summed E-state index contributed by atoms with van der Waals surface area (Å²) in [5.74, 6) is 0.0883. The van der Waals surface area contributed by atoms with Gasteiger partial charge in [-0.25, -0.2) is 9.37 Å². The van der Waals surface area contributed by atoms with Crippen LogP contribution < -0.4 is 16.0 Å². The number of piperidine rings is 1. The van der Waals surface area contributed by atoms with E-state index in [2.05, 4.69) is 37.2 Å². The summed E-state index contributed by atoms with van der Waals surface area (Å²) in [6, 6.07) is 8.99. The van der Waals surface area contributed by atoms with E-state index in [-0.39, 0.29) is 11.7 Å². The third kappa shape index (κ3) is 3.68. The summed E-state index contributed by atoms with van der Waals surface area (Å²) in [5.41, 5.74) is 9.46. The van der Waals surface area contributed by atoms with E-state index in [0.29, 0.717) is 17.7 Å². The quantitative estimate of drug-likeness (QED) is 0.524. The van der Waals surface area contributed by atoms with Crippen molar-refractivity contribution < 1.29 is 4.39 Å². The fraction of sp³-hybridized carbons (Fsp3) is 0.273. The third-order valence-corrected chi connectivity index (χ3v) is 5.66. The van der Waals surface area contributed by atoms with Crippen LogP contribution in [0.3, 0.4) is 0 Å². The minimum atomic E-state index is -0.422. The number of nitrogens with zero attached hydrogens (tertiary/aromatic N) is 6. The first kappa shape index (κ1) is 19.4. The molecule has 9 heteroatoms. The number of nitrogens with two attached hydrogens (primary N) is 1. The molecular weight excluding hydrogens is 395 g/mol. The maximum absolute atomic E-state index is 14.2. The lowest BCUT2D eigenvalue weighted by Crippen LogP contribution is -2.47. The summed E-state index contributed by atoms with van der Waals surface area (Å²) in [7, 11) is 0. The molecule has 8 nitrogen and oxygen atoms in total. The molecule has 2 atom stereocenters. The molecule has 0 amide bonds. The lowest BCUT2D eigenvalue weighted by atomic mass is 9.99. The number of fused-ring (bicyclic) bond motifs is 1. The Hall–Kier alpha value is -3.59. The molecule has 1 saturated heterocycles. The molecule has 1 aliphatic rings. The van der Waals surface area contributed by atoms with Crippen LogP contribution in [0.4, 0.5) is 21.7 Å². The van der Waals surface area contributed by atoms with E-state index in [9.17, 15) is 4.39 Å². The van der Waals surface area contributed by atoms with Crippen LogP contribution in [0.5, 0.6) is 0 Å². The van der Waals surface area contributed by atoms with Gasteiger partial charge in [0.05, 0.1) is 29.3 Å². The number of rotatable bonds is 4. The molecule has 0 aromatic carbocycles. The molecule has 1 fully saturated rings. The van der Waals surface area contributed by atoms with Crippen molar-refractivity contribution in [2.75, 3.05) is 16.8 Å². The van der Waals surface area contributed by atoms with Crippen molar-refractivity contribution in [1.82, 2.24) is 24.6 Å². The second-order valence-electron chi connectivity index (χ2n) is 7.83. The van der Waals surface area contributed by atoms with Gasteiger partial charge in [-0.1, -0.05) is 0 Å². The van der Waals surface area contributed by atoms with Crippen molar-refractivity contribution in [2.45, 2.75) is 31.8 Å². The summed E-state index contributed by atoms with van der Waals surface area (Å²) in [5, 5.41) is 7.92. The molecular formula is C22H23FN8. The van der Waals surface area contributed by atoms with E-state index in [1.807, 2.05) is 12.1 Å². The van der Waals surface area contributed by atoms with Crippen LogP contribution >= 0.6 is 0 Å². The van der Waals surface area contributed by atoms with Gasteiger partial charge in [0.1, 0.15) is 11.4 Å².